The first kappa shape index (κ1) is 21.4. The number of nitrogens with zero attached hydrogens (tertiary/aromatic N) is 1. The van der Waals surface area contributed by atoms with Crippen LogP contribution in [0.1, 0.15) is 76.3 Å². The van der Waals surface area contributed by atoms with Crippen molar-refractivity contribution in [2.24, 2.45) is 5.92 Å². The molecule has 147 valence electrons. The van der Waals surface area contributed by atoms with Gasteiger partial charge in [0.1, 0.15) is 0 Å². The lowest BCUT2D eigenvalue weighted by Crippen LogP contribution is -2.40. The van der Waals surface area contributed by atoms with E-state index < -0.39 is 0 Å². The number of fused-ring (bicyclic) bond motifs is 1. The molecule has 0 amide bonds. The molecule has 2 heteroatoms. The van der Waals surface area contributed by atoms with E-state index in [1.54, 1.807) is 0 Å². The summed E-state index contributed by atoms with van der Waals surface area (Å²) in [6, 6.07) is 9.07. The average Bonchev–Trinajstić information content (AvgIpc) is 2.68. The fraction of sp³-hybridized carbons (Fsp3) is 0.708. The molecule has 2 nitrogen and oxygen atoms in total. The van der Waals surface area contributed by atoms with E-state index in [1.807, 2.05) is 0 Å². The van der Waals surface area contributed by atoms with Gasteiger partial charge in [-0.3, -0.25) is 4.90 Å². The van der Waals surface area contributed by atoms with Crippen molar-refractivity contribution < 1.29 is 4.74 Å². The lowest BCUT2D eigenvalue weighted by Gasteiger charge is -2.33. The highest BCUT2D eigenvalue weighted by atomic mass is 16.5. The molecule has 1 aromatic carbocycles. The summed E-state index contributed by atoms with van der Waals surface area (Å²) in [5.41, 5.74) is 2.97. The molecule has 2 atom stereocenters. The smallest absolute Gasteiger partial charge is 0.0622 e. The van der Waals surface area contributed by atoms with Crippen LogP contribution in [0.2, 0.25) is 0 Å². The molecule has 0 fully saturated rings. The van der Waals surface area contributed by atoms with Gasteiger partial charge in [0.05, 0.1) is 6.61 Å². The van der Waals surface area contributed by atoms with Crippen LogP contribution in [0, 0.1) is 12.8 Å². The first-order valence-corrected chi connectivity index (χ1v) is 11.0. The van der Waals surface area contributed by atoms with Crippen molar-refractivity contribution in [2.75, 3.05) is 19.8 Å². The third-order valence-corrected chi connectivity index (χ3v) is 5.77. The molecule has 0 aliphatic carbocycles. The molecule has 0 saturated heterocycles. The minimum atomic E-state index is 0.260. The van der Waals surface area contributed by atoms with Gasteiger partial charge in [0.25, 0.3) is 0 Å². The summed E-state index contributed by atoms with van der Waals surface area (Å²) in [5.74, 6) is 0.737. The fourth-order valence-corrected chi connectivity index (χ4v) is 3.97. The van der Waals surface area contributed by atoms with Crippen LogP contribution in [-0.2, 0) is 17.7 Å². The summed E-state index contributed by atoms with van der Waals surface area (Å²) in [5, 5.41) is 0. The number of unbranched alkanes of at least 4 members (excludes halogenated alkanes) is 4. The van der Waals surface area contributed by atoms with Crippen molar-refractivity contribution in [3.8, 4) is 0 Å². The van der Waals surface area contributed by atoms with E-state index in [0.717, 1.165) is 38.6 Å². The van der Waals surface area contributed by atoms with Gasteiger partial charge >= 0.3 is 0 Å². The quantitative estimate of drug-likeness (QED) is 0.399. The Labute approximate surface area is 162 Å². The second-order valence-corrected chi connectivity index (χ2v) is 8.04. The molecule has 2 unspecified atom stereocenters. The highest BCUT2D eigenvalue weighted by Gasteiger charge is 2.20. The average molecular weight is 359 g/mol. The lowest BCUT2D eigenvalue weighted by molar-refractivity contribution is 0.0462. The zero-order valence-corrected chi connectivity index (χ0v) is 17.2. The topological polar surface area (TPSA) is 12.5 Å². The molecule has 0 aromatic heterocycles. The van der Waals surface area contributed by atoms with Crippen LogP contribution < -0.4 is 0 Å². The van der Waals surface area contributed by atoms with Crippen LogP contribution in [0.5, 0.6) is 0 Å². The molecule has 2 rings (SSSR count). The molecule has 1 aliphatic rings. The van der Waals surface area contributed by atoms with E-state index in [4.69, 9.17) is 4.74 Å². The fourth-order valence-electron chi connectivity index (χ4n) is 3.97. The Bertz CT molecular complexity index is 487. The van der Waals surface area contributed by atoms with Crippen LogP contribution in [0.15, 0.2) is 24.3 Å². The third-order valence-electron chi connectivity index (χ3n) is 5.77. The Balaban J connectivity index is 1.70. The van der Waals surface area contributed by atoms with Gasteiger partial charge in [-0.1, -0.05) is 76.6 Å². The Morgan fingerprint density at radius 1 is 0.962 bits per heavy atom. The predicted molar refractivity (Wildman–Crippen MR) is 112 cm³/mol. The van der Waals surface area contributed by atoms with Gasteiger partial charge in [0.2, 0.25) is 0 Å². The van der Waals surface area contributed by atoms with E-state index >= 15 is 0 Å². The van der Waals surface area contributed by atoms with Gasteiger partial charge in [-0.15, -0.1) is 0 Å². The Kier molecular flexibility index (Phi) is 10.3. The van der Waals surface area contributed by atoms with Crippen LogP contribution >= 0.6 is 0 Å². The van der Waals surface area contributed by atoms with Crippen molar-refractivity contribution in [1.82, 2.24) is 4.90 Å². The summed E-state index contributed by atoms with van der Waals surface area (Å²) in [4.78, 5) is 2.48. The van der Waals surface area contributed by atoms with Crippen LogP contribution in [0.3, 0.4) is 0 Å². The highest BCUT2D eigenvalue weighted by molar-refractivity contribution is 5.29. The number of hydrogen-bond donors (Lipinski definition) is 0. The van der Waals surface area contributed by atoms with Crippen molar-refractivity contribution in [1.29, 1.82) is 0 Å². The third kappa shape index (κ3) is 7.40. The van der Waals surface area contributed by atoms with Crippen molar-refractivity contribution in [3.05, 3.63) is 42.3 Å². The Morgan fingerprint density at radius 2 is 1.69 bits per heavy atom. The monoisotopic (exact) mass is 358 g/mol. The van der Waals surface area contributed by atoms with Crippen LogP contribution in [0.4, 0.5) is 0 Å². The number of hydrogen-bond acceptors (Lipinski definition) is 2. The summed E-state index contributed by atoms with van der Waals surface area (Å²) in [6.45, 7) is 12.8. The normalized spacial score (nSPS) is 17.0. The minimum absolute atomic E-state index is 0.260. The molecule has 0 spiro atoms. The van der Waals surface area contributed by atoms with Crippen molar-refractivity contribution in [2.45, 2.75) is 84.2 Å². The summed E-state index contributed by atoms with van der Waals surface area (Å²) in [7, 11) is 0. The molecule has 0 saturated carbocycles. The van der Waals surface area contributed by atoms with E-state index in [9.17, 15) is 0 Å². The maximum absolute atomic E-state index is 6.15. The van der Waals surface area contributed by atoms with Gasteiger partial charge in [-0.05, 0) is 43.2 Å². The molecule has 26 heavy (non-hydrogen) atoms. The van der Waals surface area contributed by atoms with E-state index in [1.165, 1.54) is 62.5 Å². The number of ether oxygens (including phenoxy) is 1. The van der Waals surface area contributed by atoms with E-state index in [-0.39, 0.29) is 6.04 Å². The van der Waals surface area contributed by atoms with Gasteiger partial charge in [-0.25, -0.2) is 0 Å². The molecule has 1 radical (unpaired) electrons. The highest BCUT2D eigenvalue weighted by Crippen LogP contribution is 2.21. The van der Waals surface area contributed by atoms with E-state index in [2.05, 4.69) is 49.9 Å². The Morgan fingerprint density at radius 3 is 2.46 bits per heavy atom. The molecule has 0 N–H and O–H groups in total. The van der Waals surface area contributed by atoms with Gasteiger partial charge in [0, 0.05) is 25.7 Å². The second kappa shape index (κ2) is 12.5. The largest absolute Gasteiger partial charge is 0.380 e. The maximum atomic E-state index is 6.15. The van der Waals surface area contributed by atoms with Crippen LogP contribution in [0.25, 0.3) is 0 Å². The van der Waals surface area contributed by atoms with Crippen molar-refractivity contribution >= 4 is 0 Å². The first-order chi connectivity index (χ1) is 12.7. The second-order valence-electron chi connectivity index (χ2n) is 8.04. The minimum Gasteiger partial charge on any atom is -0.380 e. The number of benzene rings is 1. The molecule has 1 aliphatic heterocycles. The summed E-state index contributed by atoms with van der Waals surface area (Å²) >= 11 is 0. The van der Waals surface area contributed by atoms with E-state index in [0.29, 0.717) is 0 Å². The molecular formula is C24H40NO. The van der Waals surface area contributed by atoms with Crippen LogP contribution in [-0.4, -0.2) is 30.7 Å². The zero-order valence-electron chi connectivity index (χ0n) is 17.2. The molecule has 1 heterocycles. The first-order valence-electron chi connectivity index (χ1n) is 11.0. The lowest BCUT2D eigenvalue weighted by atomic mass is 9.96. The molecular weight excluding hydrogens is 318 g/mol. The predicted octanol–water partition coefficient (Wildman–Crippen LogP) is 6.04. The number of rotatable bonds is 13. The van der Waals surface area contributed by atoms with Crippen molar-refractivity contribution in [3.63, 3.8) is 0 Å². The summed E-state index contributed by atoms with van der Waals surface area (Å²) in [6.07, 6.45) is 11.8. The SMILES string of the molecule is [CH2]C(COCC(CCCC)CCCCCC)N1CCc2ccccc2C1. The maximum Gasteiger partial charge on any atom is 0.0622 e. The van der Waals surface area contributed by atoms with Gasteiger partial charge in [0.15, 0.2) is 0 Å². The zero-order chi connectivity index (χ0) is 18.6. The molecule has 1 aromatic rings. The summed E-state index contributed by atoms with van der Waals surface area (Å²) < 4.78 is 6.15. The van der Waals surface area contributed by atoms with Gasteiger partial charge < -0.3 is 4.74 Å². The Hall–Kier alpha value is -0.860. The molecule has 0 bridgehead atoms. The standard InChI is InChI=1S/C24H40NO/c1-4-6-8-9-13-22(12-7-5-2)20-26-19-21(3)25-17-16-23-14-10-11-15-24(23)18-25/h10-11,14-15,21-22H,3-9,12-13,16-20H2,1-2H3. The van der Waals surface area contributed by atoms with Gasteiger partial charge in [-0.2, -0.15) is 0 Å².